The fourth-order valence-corrected chi connectivity index (χ4v) is 3.42. The minimum absolute atomic E-state index is 0.0725. The van der Waals surface area contributed by atoms with Crippen molar-refractivity contribution >= 4 is 16.9 Å². The van der Waals surface area contributed by atoms with Gasteiger partial charge in [0.15, 0.2) is 0 Å². The Balaban J connectivity index is 0.00000158. The van der Waals surface area contributed by atoms with Gasteiger partial charge in [-0.3, -0.25) is 4.79 Å². The molecule has 1 heterocycles. The number of hydrogen-bond acceptors (Lipinski definition) is 5. The third-order valence-corrected chi connectivity index (χ3v) is 5.02. The van der Waals surface area contributed by atoms with Gasteiger partial charge in [0, 0.05) is 11.6 Å². The van der Waals surface area contributed by atoms with Crippen LogP contribution in [0.4, 0.5) is 8.78 Å². The summed E-state index contributed by atoms with van der Waals surface area (Å²) < 4.78 is 39.9. The topological polar surface area (TPSA) is 70.4 Å². The van der Waals surface area contributed by atoms with Crippen LogP contribution in [0.3, 0.4) is 0 Å². The number of aryl methyl sites for hydroxylation is 1. The highest BCUT2D eigenvalue weighted by Crippen LogP contribution is 2.26. The van der Waals surface area contributed by atoms with Gasteiger partial charge in [0.05, 0.1) is 36.4 Å². The fourth-order valence-electron chi connectivity index (χ4n) is 3.42. The lowest BCUT2D eigenvalue weighted by Crippen LogP contribution is -2.14. The fraction of sp³-hybridized carbons (Fsp3) is 0.192. The summed E-state index contributed by atoms with van der Waals surface area (Å²) in [5, 5.41) is 0.272. The van der Waals surface area contributed by atoms with Gasteiger partial charge >= 0.3 is 5.97 Å². The van der Waals surface area contributed by atoms with E-state index >= 15 is 0 Å². The first kappa shape index (κ1) is 24.6. The molecule has 4 rings (SSSR count). The van der Waals surface area contributed by atoms with Gasteiger partial charge in [-0.1, -0.05) is 19.9 Å². The molecule has 0 fully saturated rings. The third-order valence-electron chi connectivity index (χ3n) is 5.02. The van der Waals surface area contributed by atoms with Gasteiger partial charge < -0.3 is 14.0 Å². The molecule has 0 saturated heterocycles. The third kappa shape index (κ3) is 5.28. The molecule has 0 spiro atoms. The maximum Gasteiger partial charge on any atom is 0.337 e. The number of methoxy groups -OCH3 is 1. The molecule has 1 aromatic heterocycles. The van der Waals surface area contributed by atoms with Crippen molar-refractivity contribution in [2.45, 2.75) is 27.3 Å². The number of esters is 1. The molecule has 0 aliphatic rings. The number of benzene rings is 3. The summed E-state index contributed by atoms with van der Waals surface area (Å²) in [6, 6.07) is 13.4. The zero-order valence-corrected chi connectivity index (χ0v) is 19.3. The van der Waals surface area contributed by atoms with E-state index in [1.165, 1.54) is 31.6 Å². The van der Waals surface area contributed by atoms with E-state index in [1.807, 2.05) is 13.8 Å². The molecule has 6 nitrogen and oxygen atoms in total. The average Bonchev–Trinajstić information content (AvgIpc) is 2.83. The lowest BCUT2D eigenvalue weighted by atomic mass is 10.1. The molecule has 0 N–H and O–H groups in total. The zero-order chi connectivity index (χ0) is 24.8. The van der Waals surface area contributed by atoms with Crippen LogP contribution in [0.5, 0.6) is 11.5 Å². The summed E-state index contributed by atoms with van der Waals surface area (Å²) in [4.78, 5) is 28.0. The van der Waals surface area contributed by atoms with Gasteiger partial charge in [-0.05, 0) is 55.0 Å². The lowest BCUT2D eigenvalue weighted by Gasteiger charge is -2.14. The maximum atomic E-state index is 14.3. The Bertz CT molecular complexity index is 1380. The summed E-state index contributed by atoms with van der Waals surface area (Å²) >= 11 is 0. The molecule has 0 aliphatic carbocycles. The van der Waals surface area contributed by atoms with Crippen molar-refractivity contribution in [3.63, 3.8) is 0 Å². The quantitative estimate of drug-likeness (QED) is 0.356. The SMILES string of the molecule is CC.COC(=O)c1cccc(Oc2ccc3c(c2)c(=O)ncn3Cc2c(C)cc(F)cc2F)c1. The van der Waals surface area contributed by atoms with E-state index in [1.54, 1.807) is 41.8 Å². The van der Waals surface area contributed by atoms with Crippen molar-refractivity contribution in [2.24, 2.45) is 0 Å². The second kappa shape index (κ2) is 10.7. The summed E-state index contributed by atoms with van der Waals surface area (Å²) in [5.41, 5.74) is 1.13. The Kier molecular flexibility index (Phi) is 7.73. The number of halogens is 2. The van der Waals surface area contributed by atoms with Gasteiger partial charge in [0.2, 0.25) is 0 Å². The number of carbonyl (C=O) groups is 1. The normalized spacial score (nSPS) is 10.4. The summed E-state index contributed by atoms with van der Waals surface area (Å²) in [7, 11) is 1.29. The first-order chi connectivity index (χ1) is 16.4. The van der Waals surface area contributed by atoms with Gasteiger partial charge in [0.1, 0.15) is 23.1 Å². The average molecular weight is 466 g/mol. The van der Waals surface area contributed by atoms with E-state index in [4.69, 9.17) is 9.47 Å². The van der Waals surface area contributed by atoms with Gasteiger partial charge in [-0.15, -0.1) is 0 Å². The highest BCUT2D eigenvalue weighted by Gasteiger charge is 2.13. The highest BCUT2D eigenvalue weighted by molar-refractivity contribution is 5.89. The van der Waals surface area contributed by atoms with Crippen LogP contribution in [-0.4, -0.2) is 22.6 Å². The molecule has 0 bridgehead atoms. The van der Waals surface area contributed by atoms with E-state index in [0.717, 1.165) is 6.07 Å². The second-order valence-corrected chi connectivity index (χ2v) is 7.16. The standard InChI is InChI=1S/C24H18F2N2O4.C2H6/c1-14-8-16(25)10-21(26)20(14)12-28-13-27-23(29)19-11-18(6-7-22(19)28)32-17-5-3-4-15(9-17)24(30)31-2;1-2/h3-11,13H,12H2,1-2H3;1-2H3. The van der Waals surface area contributed by atoms with Crippen LogP contribution in [0, 0.1) is 18.6 Å². The Morgan fingerprint density at radius 2 is 1.76 bits per heavy atom. The monoisotopic (exact) mass is 466 g/mol. The molecule has 34 heavy (non-hydrogen) atoms. The number of aromatic nitrogens is 2. The van der Waals surface area contributed by atoms with E-state index in [0.29, 0.717) is 33.7 Å². The predicted molar refractivity (Wildman–Crippen MR) is 125 cm³/mol. The first-order valence-electron chi connectivity index (χ1n) is 10.7. The molecule has 3 aromatic carbocycles. The van der Waals surface area contributed by atoms with Gasteiger partial charge in [0.25, 0.3) is 5.56 Å². The predicted octanol–water partition coefficient (Wildman–Crippen LogP) is 5.64. The van der Waals surface area contributed by atoms with Crippen LogP contribution in [-0.2, 0) is 11.3 Å². The van der Waals surface area contributed by atoms with E-state index < -0.39 is 23.2 Å². The minimum Gasteiger partial charge on any atom is -0.465 e. The number of nitrogens with zero attached hydrogens (tertiary/aromatic N) is 2. The van der Waals surface area contributed by atoms with Crippen LogP contribution in [0.15, 0.2) is 65.7 Å². The van der Waals surface area contributed by atoms with E-state index in [-0.39, 0.29) is 11.9 Å². The summed E-state index contributed by atoms with van der Waals surface area (Å²) in [6.45, 7) is 5.69. The smallest absolute Gasteiger partial charge is 0.337 e. The number of rotatable bonds is 5. The molecule has 176 valence electrons. The second-order valence-electron chi connectivity index (χ2n) is 7.16. The Morgan fingerprint density at radius 3 is 2.47 bits per heavy atom. The molecule has 0 unspecified atom stereocenters. The molecule has 0 saturated carbocycles. The van der Waals surface area contributed by atoms with Crippen molar-refractivity contribution < 1.29 is 23.0 Å². The van der Waals surface area contributed by atoms with Crippen LogP contribution >= 0.6 is 0 Å². The number of ether oxygens (including phenoxy) is 2. The van der Waals surface area contributed by atoms with Crippen LogP contribution in [0.25, 0.3) is 10.9 Å². The van der Waals surface area contributed by atoms with Gasteiger partial charge in [-0.25, -0.2) is 13.6 Å². The maximum absolute atomic E-state index is 14.3. The van der Waals surface area contributed by atoms with E-state index in [9.17, 15) is 18.4 Å². The van der Waals surface area contributed by atoms with Crippen molar-refractivity contribution in [3.05, 3.63) is 99.6 Å². The summed E-state index contributed by atoms with van der Waals surface area (Å²) in [5.74, 6) is -1.06. The van der Waals surface area contributed by atoms with Crippen LogP contribution in [0.2, 0.25) is 0 Å². The molecular formula is C26H24F2N2O4. The van der Waals surface area contributed by atoms with Gasteiger partial charge in [-0.2, -0.15) is 4.98 Å². The van der Waals surface area contributed by atoms with Crippen molar-refractivity contribution in [1.82, 2.24) is 9.55 Å². The molecule has 0 aliphatic heterocycles. The molecule has 8 heteroatoms. The zero-order valence-electron chi connectivity index (χ0n) is 19.3. The van der Waals surface area contributed by atoms with Crippen molar-refractivity contribution in [2.75, 3.05) is 7.11 Å². The molecule has 0 atom stereocenters. The highest BCUT2D eigenvalue weighted by atomic mass is 19.1. The number of carbonyl (C=O) groups excluding carboxylic acids is 1. The Hall–Kier alpha value is -4.07. The molecular weight excluding hydrogens is 442 g/mol. The minimum atomic E-state index is -0.667. The van der Waals surface area contributed by atoms with Crippen LogP contribution in [0.1, 0.15) is 35.3 Å². The molecule has 0 radical (unpaired) electrons. The Labute approximate surface area is 195 Å². The molecule has 4 aromatic rings. The van der Waals surface area contributed by atoms with Crippen molar-refractivity contribution in [1.29, 1.82) is 0 Å². The molecule has 0 amide bonds. The summed E-state index contributed by atoms with van der Waals surface area (Å²) in [6.07, 6.45) is 1.33. The van der Waals surface area contributed by atoms with E-state index in [2.05, 4.69) is 4.98 Å². The lowest BCUT2D eigenvalue weighted by molar-refractivity contribution is 0.0600. The largest absolute Gasteiger partial charge is 0.465 e. The Morgan fingerprint density at radius 1 is 1.03 bits per heavy atom. The number of fused-ring (bicyclic) bond motifs is 1. The van der Waals surface area contributed by atoms with Crippen LogP contribution < -0.4 is 10.3 Å². The first-order valence-corrected chi connectivity index (χ1v) is 10.7. The number of hydrogen-bond donors (Lipinski definition) is 0. The van der Waals surface area contributed by atoms with Crippen molar-refractivity contribution in [3.8, 4) is 11.5 Å².